The summed E-state index contributed by atoms with van der Waals surface area (Å²) < 4.78 is 0. The van der Waals surface area contributed by atoms with E-state index >= 15 is 4.79 Å². The van der Waals surface area contributed by atoms with Gasteiger partial charge in [0.15, 0.2) is 5.66 Å². The van der Waals surface area contributed by atoms with Crippen LogP contribution in [0.5, 0.6) is 0 Å². The van der Waals surface area contributed by atoms with Crippen molar-refractivity contribution in [2.45, 2.75) is 63.8 Å². The fourth-order valence-corrected chi connectivity index (χ4v) is 8.13. The molecule has 1 saturated heterocycles. The highest BCUT2D eigenvalue weighted by atomic mass is 16.2. The van der Waals surface area contributed by atoms with E-state index in [0.717, 1.165) is 43.9 Å². The third-order valence-corrected chi connectivity index (χ3v) is 9.74. The maximum atomic E-state index is 15.3. The van der Waals surface area contributed by atoms with Crippen molar-refractivity contribution in [1.29, 1.82) is 0 Å². The van der Waals surface area contributed by atoms with Gasteiger partial charge in [0.2, 0.25) is 0 Å². The Morgan fingerprint density at radius 2 is 1.17 bits per heavy atom. The lowest BCUT2D eigenvalue weighted by Gasteiger charge is -2.50. The van der Waals surface area contributed by atoms with Crippen molar-refractivity contribution in [2.75, 3.05) is 18.0 Å². The summed E-state index contributed by atoms with van der Waals surface area (Å²) >= 11 is 0. The molecule has 0 N–H and O–H groups in total. The van der Waals surface area contributed by atoms with Crippen molar-refractivity contribution in [2.24, 2.45) is 0 Å². The SMILES string of the molecule is Cc1cc2c3c(c1)C1(C(=O)N3C(C)(C)CC2(C)c2ccccc2)N(Cc2ccccc2)CCN1Cc1ccccc1. The fourth-order valence-electron chi connectivity index (χ4n) is 8.13. The highest BCUT2D eigenvalue weighted by Crippen LogP contribution is 2.60. The van der Waals surface area contributed by atoms with E-state index in [9.17, 15) is 0 Å². The molecule has 4 nitrogen and oxygen atoms in total. The number of hydrogen-bond donors (Lipinski definition) is 0. The van der Waals surface area contributed by atoms with Gasteiger partial charge in [-0.25, -0.2) is 0 Å². The normalized spacial score (nSPS) is 22.8. The first-order chi connectivity index (χ1) is 19.7. The van der Waals surface area contributed by atoms with Gasteiger partial charge in [-0.05, 0) is 49.4 Å². The van der Waals surface area contributed by atoms with E-state index < -0.39 is 5.66 Å². The van der Waals surface area contributed by atoms with Gasteiger partial charge in [-0.1, -0.05) is 116 Å². The first-order valence-electron chi connectivity index (χ1n) is 14.9. The van der Waals surface area contributed by atoms with Gasteiger partial charge in [0.05, 0.1) is 5.69 Å². The third kappa shape index (κ3) is 3.84. The molecule has 1 unspecified atom stereocenters. The van der Waals surface area contributed by atoms with Crippen LogP contribution in [0.3, 0.4) is 0 Å². The second-order valence-corrected chi connectivity index (χ2v) is 13.0. The standard InChI is InChI=1S/C37H39N3O/c1-27-22-31-33-32(23-27)37(34(41)40(33)35(2,3)26-36(31,4)30-18-12-7-13-19-30)38(24-28-14-8-5-9-15-28)20-21-39(37)25-29-16-10-6-11-17-29/h5-19,22-23H,20-21,24-26H2,1-4H3. The summed E-state index contributed by atoms with van der Waals surface area (Å²) in [7, 11) is 0. The van der Waals surface area contributed by atoms with Crippen LogP contribution in [0.1, 0.15) is 60.6 Å². The molecule has 1 spiro atoms. The molecule has 0 radical (unpaired) electrons. The van der Waals surface area contributed by atoms with Gasteiger partial charge in [-0.15, -0.1) is 0 Å². The van der Waals surface area contributed by atoms with Crippen LogP contribution in [-0.2, 0) is 29.0 Å². The Morgan fingerprint density at radius 3 is 1.71 bits per heavy atom. The minimum absolute atomic E-state index is 0.198. The molecule has 1 fully saturated rings. The topological polar surface area (TPSA) is 26.8 Å². The molecule has 4 aromatic carbocycles. The lowest BCUT2D eigenvalue weighted by Crippen LogP contribution is -2.61. The highest BCUT2D eigenvalue weighted by molar-refractivity contribution is 6.10. The Hall–Kier alpha value is -3.73. The number of hydrogen-bond acceptors (Lipinski definition) is 3. The fraction of sp³-hybridized carbons (Fsp3) is 0.324. The number of nitrogens with zero attached hydrogens (tertiary/aromatic N) is 3. The van der Waals surface area contributed by atoms with Crippen LogP contribution < -0.4 is 4.90 Å². The van der Waals surface area contributed by atoms with Gasteiger partial charge in [0.1, 0.15) is 0 Å². The molecule has 3 aliphatic heterocycles. The number of anilines is 1. The number of aryl methyl sites for hydroxylation is 1. The third-order valence-electron chi connectivity index (χ3n) is 9.74. The van der Waals surface area contributed by atoms with E-state index in [1.807, 2.05) is 0 Å². The average Bonchev–Trinajstić information content (AvgIpc) is 3.45. The van der Waals surface area contributed by atoms with Crippen LogP contribution in [0.15, 0.2) is 103 Å². The Kier molecular flexibility index (Phi) is 6.01. The average molecular weight is 542 g/mol. The molecule has 208 valence electrons. The second-order valence-electron chi connectivity index (χ2n) is 13.0. The van der Waals surface area contributed by atoms with E-state index in [1.54, 1.807) is 0 Å². The van der Waals surface area contributed by atoms with E-state index in [4.69, 9.17) is 0 Å². The first-order valence-corrected chi connectivity index (χ1v) is 14.9. The molecular formula is C37H39N3O. The molecule has 41 heavy (non-hydrogen) atoms. The molecule has 0 aliphatic carbocycles. The highest BCUT2D eigenvalue weighted by Gasteiger charge is 2.66. The van der Waals surface area contributed by atoms with Crippen LogP contribution in [0.4, 0.5) is 5.69 Å². The lowest BCUT2D eigenvalue weighted by molar-refractivity contribution is -0.140. The number of carbonyl (C=O) groups is 1. The van der Waals surface area contributed by atoms with Gasteiger partial charge in [0.25, 0.3) is 5.91 Å². The quantitative estimate of drug-likeness (QED) is 0.272. The Balaban J connectivity index is 1.48. The number of amides is 1. The maximum absolute atomic E-state index is 15.3. The summed E-state index contributed by atoms with van der Waals surface area (Å²) in [6, 6.07) is 36.8. The van der Waals surface area contributed by atoms with Crippen LogP contribution in [0, 0.1) is 6.92 Å². The van der Waals surface area contributed by atoms with Gasteiger partial charge < -0.3 is 4.90 Å². The zero-order chi connectivity index (χ0) is 28.4. The molecule has 3 aliphatic rings. The van der Waals surface area contributed by atoms with Crippen molar-refractivity contribution in [3.8, 4) is 0 Å². The predicted molar refractivity (Wildman–Crippen MR) is 166 cm³/mol. The van der Waals surface area contributed by atoms with Crippen LogP contribution in [-0.4, -0.2) is 34.3 Å². The largest absolute Gasteiger partial charge is 0.303 e. The molecule has 0 bridgehead atoms. The Bertz CT molecular complexity index is 1550. The smallest absolute Gasteiger partial charge is 0.268 e. The summed E-state index contributed by atoms with van der Waals surface area (Å²) in [5.74, 6) is 0.198. The predicted octanol–water partition coefficient (Wildman–Crippen LogP) is 7.00. The second kappa shape index (κ2) is 9.40. The molecule has 0 saturated carbocycles. The minimum atomic E-state index is -0.860. The van der Waals surface area contributed by atoms with Gasteiger partial charge in [-0.2, -0.15) is 0 Å². The molecule has 4 heteroatoms. The monoisotopic (exact) mass is 541 g/mol. The van der Waals surface area contributed by atoms with Gasteiger partial charge in [0, 0.05) is 42.7 Å². The molecular weight excluding hydrogens is 502 g/mol. The van der Waals surface area contributed by atoms with Gasteiger partial charge in [-0.3, -0.25) is 14.6 Å². The van der Waals surface area contributed by atoms with Crippen LogP contribution in [0.2, 0.25) is 0 Å². The van der Waals surface area contributed by atoms with E-state index in [1.165, 1.54) is 27.8 Å². The summed E-state index contributed by atoms with van der Waals surface area (Å²) in [6.45, 7) is 12.2. The molecule has 3 heterocycles. The summed E-state index contributed by atoms with van der Waals surface area (Å²) in [6.07, 6.45) is 0.860. The Labute approximate surface area is 244 Å². The number of benzene rings is 4. The molecule has 0 aromatic heterocycles. The lowest BCUT2D eigenvalue weighted by atomic mass is 9.65. The number of carbonyl (C=O) groups excluding carboxylic acids is 1. The van der Waals surface area contributed by atoms with Crippen molar-refractivity contribution >= 4 is 11.6 Å². The summed E-state index contributed by atoms with van der Waals surface area (Å²) in [5.41, 5.74) is 7.10. The van der Waals surface area contributed by atoms with Crippen molar-refractivity contribution in [3.63, 3.8) is 0 Å². The molecule has 7 rings (SSSR count). The zero-order valence-corrected chi connectivity index (χ0v) is 24.6. The number of rotatable bonds is 5. The van der Waals surface area contributed by atoms with Crippen LogP contribution >= 0.6 is 0 Å². The first kappa shape index (κ1) is 26.2. The summed E-state index contributed by atoms with van der Waals surface area (Å²) in [4.78, 5) is 22.4. The van der Waals surface area contributed by atoms with E-state index in [2.05, 4.69) is 146 Å². The number of fused-ring (bicyclic) bond motifs is 1. The van der Waals surface area contributed by atoms with Gasteiger partial charge >= 0.3 is 0 Å². The zero-order valence-electron chi connectivity index (χ0n) is 24.6. The minimum Gasteiger partial charge on any atom is -0.303 e. The van der Waals surface area contributed by atoms with Crippen molar-refractivity contribution < 1.29 is 4.79 Å². The van der Waals surface area contributed by atoms with Crippen molar-refractivity contribution in [1.82, 2.24) is 9.80 Å². The van der Waals surface area contributed by atoms with E-state index in [-0.39, 0.29) is 16.9 Å². The summed E-state index contributed by atoms with van der Waals surface area (Å²) in [5, 5.41) is 0. The molecule has 1 amide bonds. The maximum Gasteiger partial charge on any atom is 0.268 e. The molecule has 1 atom stereocenters. The molecule has 4 aromatic rings. The Morgan fingerprint density at radius 1 is 0.683 bits per heavy atom. The van der Waals surface area contributed by atoms with Crippen molar-refractivity contribution in [3.05, 3.63) is 137 Å². The van der Waals surface area contributed by atoms with E-state index in [0.29, 0.717) is 0 Å². The van der Waals surface area contributed by atoms with Crippen LogP contribution in [0.25, 0.3) is 0 Å².